The molecule has 1 saturated heterocycles. The molecular weight excluding hydrogens is 524 g/mol. The number of halogens is 1. The van der Waals surface area contributed by atoms with E-state index in [1.54, 1.807) is 44.3 Å². The minimum atomic E-state index is -0.382. The van der Waals surface area contributed by atoms with Crippen molar-refractivity contribution in [3.8, 4) is 11.5 Å². The summed E-state index contributed by atoms with van der Waals surface area (Å²) in [5, 5.41) is 1.21. The van der Waals surface area contributed by atoms with Gasteiger partial charge in [0.05, 0.1) is 29.4 Å². The van der Waals surface area contributed by atoms with Gasteiger partial charge in [-0.05, 0) is 91.3 Å². The molecule has 9 heteroatoms. The first-order valence-electron chi connectivity index (χ1n) is 12.1. The molecule has 1 amide bonds. The highest BCUT2D eigenvalue weighted by Gasteiger charge is 2.30. The van der Waals surface area contributed by atoms with E-state index in [1.807, 2.05) is 49.4 Å². The SMILES string of the molecule is CCOC(=O)c1ccc(N=C2S/C(=C\c3ccc(OCc4ccc(Cl)cc4)c(OCC)c3)C(=O)N2C)cc1. The number of ether oxygens (including phenoxy) is 3. The predicted molar refractivity (Wildman–Crippen MR) is 151 cm³/mol. The van der Waals surface area contributed by atoms with Crippen molar-refractivity contribution < 1.29 is 23.8 Å². The number of likely N-dealkylation sites (N-methyl/N-ethyl adjacent to an activating group) is 1. The first kappa shape index (κ1) is 27.3. The van der Waals surface area contributed by atoms with Gasteiger partial charge >= 0.3 is 5.97 Å². The number of amidine groups is 1. The average Bonchev–Trinajstić information content (AvgIpc) is 3.17. The van der Waals surface area contributed by atoms with Crippen LogP contribution in [0.1, 0.15) is 35.3 Å². The number of amides is 1. The monoisotopic (exact) mass is 550 g/mol. The van der Waals surface area contributed by atoms with Crippen LogP contribution in [-0.2, 0) is 16.1 Å². The number of carbonyl (C=O) groups excluding carboxylic acids is 2. The second-order valence-electron chi connectivity index (χ2n) is 8.19. The maximum atomic E-state index is 12.9. The van der Waals surface area contributed by atoms with Crippen molar-refractivity contribution in [1.29, 1.82) is 0 Å². The van der Waals surface area contributed by atoms with Crippen LogP contribution in [0.3, 0.4) is 0 Å². The van der Waals surface area contributed by atoms with Gasteiger partial charge in [0, 0.05) is 12.1 Å². The van der Waals surface area contributed by atoms with Crippen LogP contribution in [0.2, 0.25) is 5.02 Å². The van der Waals surface area contributed by atoms with E-state index in [9.17, 15) is 9.59 Å². The fourth-order valence-corrected chi connectivity index (χ4v) is 4.66. The Morgan fingerprint density at radius 2 is 1.71 bits per heavy atom. The number of thioether (sulfide) groups is 1. The van der Waals surface area contributed by atoms with E-state index < -0.39 is 0 Å². The maximum absolute atomic E-state index is 12.9. The third-order valence-corrected chi connectivity index (χ3v) is 6.79. The van der Waals surface area contributed by atoms with Gasteiger partial charge in [-0.1, -0.05) is 29.8 Å². The molecule has 0 unspecified atom stereocenters. The molecular formula is C29H27ClN2O5S. The molecule has 0 saturated carbocycles. The number of rotatable bonds is 9. The Morgan fingerprint density at radius 1 is 0.974 bits per heavy atom. The first-order valence-corrected chi connectivity index (χ1v) is 13.2. The number of nitrogens with zero attached hydrogens (tertiary/aromatic N) is 2. The van der Waals surface area contributed by atoms with E-state index in [4.69, 9.17) is 25.8 Å². The summed E-state index contributed by atoms with van der Waals surface area (Å²) in [5.74, 6) is 0.667. The van der Waals surface area contributed by atoms with Crippen LogP contribution in [0.15, 0.2) is 76.6 Å². The smallest absolute Gasteiger partial charge is 0.338 e. The average molecular weight is 551 g/mol. The largest absolute Gasteiger partial charge is 0.490 e. The Morgan fingerprint density at radius 3 is 2.39 bits per heavy atom. The minimum Gasteiger partial charge on any atom is -0.490 e. The summed E-state index contributed by atoms with van der Waals surface area (Å²) >= 11 is 7.24. The van der Waals surface area contributed by atoms with Crippen molar-refractivity contribution in [1.82, 2.24) is 4.90 Å². The van der Waals surface area contributed by atoms with Gasteiger partial charge in [-0.2, -0.15) is 0 Å². The molecule has 38 heavy (non-hydrogen) atoms. The van der Waals surface area contributed by atoms with Crippen molar-refractivity contribution >= 4 is 52.2 Å². The standard InChI is InChI=1S/C29H27ClN2O5S/c1-4-35-25-16-20(8-15-24(25)37-18-19-6-11-22(30)12-7-19)17-26-27(33)32(3)29(38-26)31-23-13-9-21(10-14-23)28(34)36-5-2/h6-17H,4-5,18H2,1-3H3/b26-17-,31-29?. The molecule has 3 aromatic rings. The van der Waals surface area contributed by atoms with Crippen LogP contribution in [0.4, 0.5) is 5.69 Å². The van der Waals surface area contributed by atoms with Gasteiger partial charge in [-0.25, -0.2) is 9.79 Å². The summed E-state index contributed by atoms with van der Waals surface area (Å²) in [6.45, 7) is 4.82. The molecule has 1 fully saturated rings. The highest BCUT2D eigenvalue weighted by molar-refractivity contribution is 8.18. The molecule has 1 aliphatic rings. The molecule has 0 bridgehead atoms. The van der Waals surface area contributed by atoms with Crippen molar-refractivity contribution in [2.45, 2.75) is 20.5 Å². The van der Waals surface area contributed by atoms with Crippen LogP contribution in [0, 0.1) is 0 Å². The zero-order chi connectivity index (χ0) is 27.1. The number of benzene rings is 3. The highest BCUT2D eigenvalue weighted by Crippen LogP contribution is 2.35. The highest BCUT2D eigenvalue weighted by atomic mass is 35.5. The van der Waals surface area contributed by atoms with E-state index in [1.165, 1.54) is 16.7 Å². The second-order valence-corrected chi connectivity index (χ2v) is 9.64. The van der Waals surface area contributed by atoms with Gasteiger partial charge in [-0.3, -0.25) is 9.69 Å². The zero-order valence-electron chi connectivity index (χ0n) is 21.3. The molecule has 196 valence electrons. The van der Waals surface area contributed by atoms with Crippen LogP contribution >= 0.6 is 23.4 Å². The molecule has 0 aromatic heterocycles. The maximum Gasteiger partial charge on any atom is 0.338 e. The lowest BCUT2D eigenvalue weighted by Crippen LogP contribution is -2.23. The fourth-order valence-electron chi connectivity index (χ4n) is 3.54. The summed E-state index contributed by atoms with van der Waals surface area (Å²) in [5.41, 5.74) is 2.87. The lowest BCUT2D eigenvalue weighted by atomic mass is 10.1. The quantitative estimate of drug-likeness (QED) is 0.217. The molecule has 0 aliphatic carbocycles. The molecule has 0 radical (unpaired) electrons. The van der Waals surface area contributed by atoms with Crippen LogP contribution < -0.4 is 9.47 Å². The minimum absolute atomic E-state index is 0.155. The zero-order valence-corrected chi connectivity index (χ0v) is 22.8. The third-order valence-electron chi connectivity index (χ3n) is 5.48. The van der Waals surface area contributed by atoms with Gasteiger partial charge in [-0.15, -0.1) is 0 Å². The topological polar surface area (TPSA) is 77.4 Å². The lowest BCUT2D eigenvalue weighted by molar-refractivity contribution is -0.121. The molecule has 4 rings (SSSR count). The Bertz CT molecular complexity index is 1370. The van der Waals surface area contributed by atoms with Gasteiger partial charge < -0.3 is 14.2 Å². The summed E-state index contributed by atoms with van der Waals surface area (Å²) in [4.78, 5) is 31.4. The molecule has 0 atom stereocenters. The van der Waals surface area contributed by atoms with Crippen molar-refractivity contribution in [2.75, 3.05) is 20.3 Å². The number of hydrogen-bond donors (Lipinski definition) is 0. The Hall–Kier alpha value is -3.75. The van der Waals surface area contributed by atoms with E-state index in [2.05, 4.69) is 4.99 Å². The summed E-state index contributed by atoms with van der Waals surface area (Å²) in [6.07, 6.45) is 1.81. The van der Waals surface area contributed by atoms with Gasteiger partial charge in [0.2, 0.25) is 0 Å². The number of aliphatic imine (C=N–C) groups is 1. The van der Waals surface area contributed by atoms with Gasteiger partial charge in [0.15, 0.2) is 16.7 Å². The third kappa shape index (κ3) is 6.76. The lowest BCUT2D eigenvalue weighted by Gasteiger charge is -2.13. The van der Waals surface area contributed by atoms with Crippen LogP contribution in [0.5, 0.6) is 11.5 Å². The molecule has 7 nitrogen and oxygen atoms in total. The van der Waals surface area contributed by atoms with Crippen molar-refractivity contribution in [3.05, 3.63) is 93.3 Å². The predicted octanol–water partition coefficient (Wildman–Crippen LogP) is 6.73. The van der Waals surface area contributed by atoms with Crippen molar-refractivity contribution in [2.24, 2.45) is 4.99 Å². The Labute approximate surface area is 231 Å². The van der Waals surface area contributed by atoms with Crippen molar-refractivity contribution in [3.63, 3.8) is 0 Å². The molecule has 0 N–H and O–H groups in total. The summed E-state index contributed by atoms with van der Waals surface area (Å²) in [7, 11) is 1.68. The molecule has 0 spiro atoms. The number of carbonyl (C=O) groups is 2. The number of hydrogen-bond acceptors (Lipinski definition) is 7. The van der Waals surface area contributed by atoms with E-state index in [0.29, 0.717) is 57.7 Å². The second kappa shape index (κ2) is 12.7. The van der Waals surface area contributed by atoms with Crippen LogP contribution in [0.25, 0.3) is 6.08 Å². The van der Waals surface area contributed by atoms with E-state index in [-0.39, 0.29) is 11.9 Å². The summed E-state index contributed by atoms with van der Waals surface area (Å²) < 4.78 is 16.8. The molecule has 3 aromatic carbocycles. The van der Waals surface area contributed by atoms with Crippen LogP contribution in [-0.4, -0.2) is 42.2 Å². The first-order chi connectivity index (χ1) is 18.4. The van der Waals surface area contributed by atoms with E-state index >= 15 is 0 Å². The fraction of sp³-hybridized carbons (Fsp3) is 0.207. The summed E-state index contributed by atoms with van der Waals surface area (Å²) in [6, 6.07) is 19.8. The van der Waals surface area contributed by atoms with Gasteiger partial charge in [0.1, 0.15) is 6.61 Å². The Kier molecular flexibility index (Phi) is 9.10. The molecule has 1 heterocycles. The Balaban J connectivity index is 1.50. The number of esters is 1. The normalized spacial score (nSPS) is 15.3. The van der Waals surface area contributed by atoms with Gasteiger partial charge in [0.25, 0.3) is 5.91 Å². The van der Waals surface area contributed by atoms with E-state index in [0.717, 1.165) is 11.1 Å². The molecule has 1 aliphatic heterocycles.